The maximum absolute atomic E-state index is 9.99. The van der Waals surface area contributed by atoms with E-state index in [9.17, 15) is 5.11 Å². The van der Waals surface area contributed by atoms with Crippen molar-refractivity contribution in [3.8, 4) is 5.75 Å². The van der Waals surface area contributed by atoms with E-state index in [1.54, 1.807) is 6.07 Å². The first-order valence-electron chi connectivity index (χ1n) is 6.43. The lowest BCUT2D eigenvalue weighted by molar-refractivity contribution is 0.229. The van der Waals surface area contributed by atoms with Crippen LogP contribution < -0.4 is 5.32 Å². The van der Waals surface area contributed by atoms with Crippen molar-refractivity contribution in [2.24, 2.45) is 11.8 Å². The lowest BCUT2D eigenvalue weighted by Crippen LogP contribution is -2.41. The van der Waals surface area contributed by atoms with E-state index in [1.165, 1.54) is 18.4 Å². The molecule has 2 N–H and O–H groups in total. The van der Waals surface area contributed by atoms with Crippen LogP contribution in [0.1, 0.15) is 31.4 Å². The normalized spacial score (nSPS) is 32.1. The quantitative estimate of drug-likeness (QED) is 0.725. The SMILES string of the molecule is CC1=CC[C@H]2CN[C@@H](c3ccccc3O)[C@@H]1C2. The van der Waals surface area contributed by atoms with E-state index in [2.05, 4.69) is 18.3 Å². The summed E-state index contributed by atoms with van der Waals surface area (Å²) in [5, 5.41) is 13.6. The monoisotopic (exact) mass is 229 g/mol. The van der Waals surface area contributed by atoms with Crippen molar-refractivity contribution in [2.75, 3.05) is 6.54 Å². The number of piperidine rings is 1. The molecule has 0 saturated carbocycles. The van der Waals surface area contributed by atoms with Crippen LogP contribution in [0.15, 0.2) is 35.9 Å². The number of rotatable bonds is 1. The van der Waals surface area contributed by atoms with Crippen LogP contribution in [0, 0.1) is 11.8 Å². The van der Waals surface area contributed by atoms with Crippen LogP contribution >= 0.6 is 0 Å². The number of fused-ring (bicyclic) bond motifs is 2. The first-order chi connectivity index (χ1) is 8.25. The average molecular weight is 229 g/mol. The van der Waals surface area contributed by atoms with Gasteiger partial charge in [0.2, 0.25) is 0 Å². The van der Waals surface area contributed by atoms with Crippen molar-refractivity contribution in [1.82, 2.24) is 5.32 Å². The van der Waals surface area contributed by atoms with Crippen molar-refractivity contribution >= 4 is 0 Å². The molecule has 1 saturated heterocycles. The molecule has 2 bridgehead atoms. The number of para-hydroxylation sites is 1. The number of aromatic hydroxyl groups is 1. The molecule has 0 unspecified atom stereocenters. The summed E-state index contributed by atoms with van der Waals surface area (Å²) in [4.78, 5) is 0. The van der Waals surface area contributed by atoms with Gasteiger partial charge in [0, 0.05) is 11.6 Å². The largest absolute Gasteiger partial charge is 0.508 e. The third kappa shape index (κ3) is 1.87. The van der Waals surface area contributed by atoms with Crippen molar-refractivity contribution in [3.05, 3.63) is 41.5 Å². The molecule has 2 nitrogen and oxygen atoms in total. The van der Waals surface area contributed by atoms with Crippen molar-refractivity contribution < 1.29 is 5.11 Å². The number of allylic oxidation sites excluding steroid dienone is 1. The van der Waals surface area contributed by atoms with Crippen molar-refractivity contribution in [3.63, 3.8) is 0 Å². The Balaban J connectivity index is 1.96. The third-order valence-electron chi connectivity index (χ3n) is 4.25. The van der Waals surface area contributed by atoms with Gasteiger partial charge in [-0.1, -0.05) is 29.8 Å². The zero-order chi connectivity index (χ0) is 11.8. The highest BCUT2D eigenvalue weighted by molar-refractivity contribution is 5.37. The van der Waals surface area contributed by atoms with Gasteiger partial charge in [0.05, 0.1) is 0 Å². The van der Waals surface area contributed by atoms with E-state index in [0.29, 0.717) is 11.7 Å². The lowest BCUT2D eigenvalue weighted by atomic mass is 9.73. The molecule has 17 heavy (non-hydrogen) atoms. The van der Waals surface area contributed by atoms with E-state index < -0.39 is 0 Å². The maximum atomic E-state index is 9.99. The minimum atomic E-state index is 0.281. The number of hydrogen-bond acceptors (Lipinski definition) is 2. The topological polar surface area (TPSA) is 32.3 Å². The number of phenols is 1. The minimum Gasteiger partial charge on any atom is -0.508 e. The summed E-state index contributed by atoms with van der Waals surface area (Å²) in [7, 11) is 0. The molecule has 2 heteroatoms. The molecular weight excluding hydrogens is 210 g/mol. The van der Waals surface area contributed by atoms with Crippen LogP contribution in [0.25, 0.3) is 0 Å². The Morgan fingerprint density at radius 1 is 1.29 bits per heavy atom. The summed E-state index contributed by atoms with van der Waals surface area (Å²) in [5.74, 6) is 1.75. The van der Waals surface area contributed by atoms with Crippen LogP contribution in [0.2, 0.25) is 0 Å². The third-order valence-corrected chi connectivity index (χ3v) is 4.25. The molecule has 0 amide bonds. The summed E-state index contributed by atoms with van der Waals surface area (Å²) in [6.07, 6.45) is 4.85. The molecule has 0 aromatic heterocycles. The molecule has 0 radical (unpaired) electrons. The summed E-state index contributed by atoms with van der Waals surface area (Å²) in [6.45, 7) is 3.29. The molecular formula is C15H19NO. The smallest absolute Gasteiger partial charge is 0.120 e. The molecule has 1 heterocycles. The van der Waals surface area contributed by atoms with E-state index in [1.807, 2.05) is 18.2 Å². The second-order valence-electron chi connectivity index (χ2n) is 5.34. The molecule has 2 aliphatic rings. The summed E-state index contributed by atoms with van der Waals surface area (Å²) >= 11 is 0. The number of phenolic OH excluding ortho intramolecular Hbond substituents is 1. The van der Waals surface area contributed by atoms with Gasteiger partial charge >= 0.3 is 0 Å². The second-order valence-corrected chi connectivity index (χ2v) is 5.34. The maximum Gasteiger partial charge on any atom is 0.120 e. The highest BCUT2D eigenvalue weighted by Gasteiger charge is 2.35. The lowest BCUT2D eigenvalue weighted by Gasteiger charge is -2.41. The predicted octanol–water partition coefficient (Wildman–Crippen LogP) is 3.01. The van der Waals surface area contributed by atoms with E-state index in [-0.39, 0.29) is 6.04 Å². The van der Waals surface area contributed by atoms with Gasteiger partial charge in [0.25, 0.3) is 0 Å². The Bertz CT molecular complexity index is 452. The van der Waals surface area contributed by atoms with Gasteiger partial charge in [-0.25, -0.2) is 0 Å². The predicted molar refractivity (Wildman–Crippen MR) is 68.8 cm³/mol. The highest BCUT2D eigenvalue weighted by atomic mass is 16.3. The standard InChI is InChI=1S/C15H19NO/c1-10-6-7-11-8-13(10)15(16-9-11)12-4-2-3-5-14(12)17/h2-6,11,13,15-17H,7-9H2,1H3/t11-,13-,15+/m1/s1. The first kappa shape index (κ1) is 10.8. The fraction of sp³-hybridized carbons (Fsp3) is 0.467. The minimum absolute atomic E-state index is 0.281. The summed E-state index contributed by atoms with van der Waals surface area (Å²) in [6, 6.07) is 7.99. The molecule has 1 aromatic carbocycles. The van der Waals surface area contributed by atoms with Crippen LogP contribution in [0.5, 0.6) is 5.75 Å². The average Bonchev–Trinajstić information content (AvgIpc) is 2.36. The fourth-order valence-corrected chi connectivity index (χ4v) is 3.22. The first-order valence-corrected chi connectivity index (χ1v) is 6.43. The Labute approximate surface area is 102 Å². The summed E-state index contributed by atoms with van der Waals surface area (Å²) < 4.78 is 0. The Morgan fingerprint density at radius 2 is 2.12 bits per heavy atom. The molecule has 1 fully saturated rings. The van der Waals surface area contributed by atoms with Gasteiger partial charge < -0.3 is 10.4 Å². The van der Waals surface area contributed by atoms with Crippen LogP contribution in [-0.4, -0.2) is 11.7 Å². The van der Waals surface area contributed by atoms with Gasteiger partial charge in [-0.15, -0.1) is 0 Å². The van der Waals surface area contributed by atoms with Gasteiger partial charge in [-0.3, -0.25) is 0 Å². The Hall–Kier alpha value is -1.28. The van der Waals surface area contributed by atoms with E-state index >= 15 is 0 Å². The van der Waals surface area contributed by atoms with Gasteiger partial charge in [0.1, 0.15) is 5.75 Å². The Morgan fingerprint density at radius 3 is 2.94 bits per heavy atom. The molecule has 1 aliphatic heterocycles. The highest BCUT2D eigenvalue weighted by Crippen LogP contribution is 2.42. The van der Waals surface area contributed by atoms with Crippen LogP contribution in [0.3, 0.4) is 0 Å². The zero-order valence-corrected chi connectivity index (χ0v) is 10.2. The number of hydrogen-bond donors (Lipinski definition) is 2. The van der Waals surface area contributed by atoms with E-state index in [4.69, 9.17) is 0 Å². The molecule has 0 spiro atoms. The molecule has 1 aromatic rings. The van der Waals surface area contributed by atoms with Crippen LogP contribution in [-0.2, 0) is 0 Å². The zero-order valence-electron chi connectivity index (χ0n) is 10.2. The summed E-state index contributed by atoms with van der Waals surface area (Å²) in [5.41, 5.74) is 2.52. The molecule has 3 rings (SSSR count). The molecule has 90 valence electrons. The number of benzene rings is 1. The van der Waals surface area contributed by atoms with Gasteiger partial charge in [0.15, 0.2) is 0 Å². The molecule has 3 atom stereocenters. The second kappa shape index (κ2) is 4.19. The molecule has 1 aliphatic carbocycles. The number of nitrogens with one attached hydrogen (secondary N) is 1. The van der Waals surface area contributed by atoms with E-state index in [0.717, 1.165) is 18.0 Å². The van der Waals surface area contributed by atoms with Crippen molar-refractivity contribution in [1.29, 1.82) is 0 Å². The Kier molecular flexibility index (Phi) is 2.67. The van der Waals surface area contributed by atoms with Crippen molar-refractivity contribution in [2.45, 2.75) is 25.8 Å². The van der Waals surface area contributed by atoms with Gasteiger partial charge in [-0.2, -0.15) is 0 Å². The van der Waals surface area contributed by atoms with Crippen LogP contribution in [0.4, 0.5) is 0 Å². The fourth-order valence-electron chi connectivity index (χ4n) is 3.22. The van der Waals surface area contributed by atoms with Gasteiger partial charge in [-0.05, 0) is 44.2 Å².